The van der Waals surface area contributed by atoms with Gasteiger partial charge in [-0.2, -0.15) is 5.10 Å². The number of benzene rings is 2. The van der Waals surface area contributed by atoms with Crippen molar-refractivity contribution in [1.29, 1.82) is 0 Å². The molecule has 3 aromatic rings. The fourth-order valence-electron chi connectivity index (χ4n) is 3.38. The molecule has 2 aromatic carbocycles. The average molecular weight is 318 g/mol. The minimum atomic E-state index is -0.386. The first-order chi connectivity index (χ1) is 11.8. The number of fused-ring (bicyclic) bond motifs is 5. The van der Waals surface area contributed by atoms with E-state index in [1.54, 1.807) is 6.92 Å². The van der Waals surface area contributed by atoms with E-state index in [0.29, 0.717) is 12.3 Å². The molecular weight excluding hydrogens is 300 g/mol. The van der Waals surface area contributed by atoms with E-state index in [1.807, 2.05) is 18.2 Å². The van der Waals surface area contributed by atoms with Gasteiger partial charge < -0.3 is 4.74 Å². The van der Waals surface area contributed by atoms with Crippen LogP contribution < -0.4 is 0 Å². The summed E-state index contributed by atoms with van der Waals surface area (Å²) in [6.45, 7) is 2.14. The van der Waals surface area contributed by atoms with Crippen LogP contribution in [0.5, 0.6) is 0 Å². The van der Waals surface area contributed by atoms with Crippen LogP contribution in [0.1, 0.15) is 28.5 Å². The first kappa shape index (κ1) is 14.7. The summed E-state index contributed by atoms with van der Waals surface area (Å²) < 4.78 is 5.21. The third-order valence-corrected chi connectivity index (χ3v) is 4.47. The molecule has 1 aliphatic rings. The minimum absolute atomic E-state index is 0.332. The predicted octanol–water partition coefficient (Wildman–Crippen LogP) is 4.02. The number of carbonyl (C=O) groups is 1. The Morgan fingerprint density at radius 2 is 1.67 bits per heavy atom. The van der Waals surface area contributed by atoms with E-state index in [4.69, 9.17) is 4.74 Å². The van der Waals surface area contributed by atoms with Gasteiger partial charge in [0.15, 0.2) is 5.69 Å². The topological polar surface area (TPSA) is 55.0 Å². The summed E-state index contributed by atoms with van der Waals surface area (Å²) in [4.78, 5) is 12.4. The maximum atomic E-state index is 12.4. The molecule has 0 bridgehead atoms. The Morgan fingerprint density at radius 3 is 2.38 bits per heavy atom. The molecule has 0 aliphatic heterocycles. The lowest BCUT2D eigenvalue weighted by Gasteiger charge is -2.17. The Morgan fingerprint density at radius 1 is 1.04 bits per heavy atom. The molecular formula is C20H18N2O2. The number of H-pyrrole nitrogens is 1. The smallest absolute Gasteiger partial charge is 0.359 e. The van der Waals surface area contributed by atoms with E-state index in [2.05, 4.69) is 40.5 Å². The van der Waals surface area contributed by atoms with Gasteiger partial charge in [-0.15, -0.1) is 0 Å². The number of carbonyl (C=O) groups excluding carboxylic acids is 1. The highest BCUT2D eigenvalue weighted by molar-refractivity contribution is 6.00. The van der Waals surface area contributed by atoms with E-state index in [9.17, 15) is 4.79 Å². The lowest BCUT2D eigenvalue weighted by Crippen LogP contribution is -2.08. The highest BCUT2D eigenvalue weighted by Gasteiger charge is 2.26. The van der Waals surface area contributed by atoms with Gasteiger partial charge in [-0.25, -0.2) is 4.79 Å². The largest absolute Gasteiger partial charge is 0.461 e. The van der Waals surface area contributed by atoms with Gasteiger partial charge in [0.2, 0.25) is 0 Å². The highest BCUT2D eigenvalue weighted by Crippen LogP contribution is 2.39. The molecule has 4 nitrogen and oxygen atoms in total. The highest BCUT2D eigenvalue weighted by atomic mass is 16.5. The van der Waals surface area contributed by atoms with E-state index < -0.39 is 0 Å². The molecule has 1 heterocycles. The van der Waals surface area contributed by atoms with Gasteiger partial charge >= 0.3 is 5.97 Å². The van der Waals surface area contributed by atoms with Crippen LogP contribution in [0.4, 0.5) is 0 Å². The van der Waals surface area contributed by atoms with E-state index >= 15 is 0 Å². The monoisotopic (exact) mass is 318 g/mol. The van der Waals surface area contributed by atoms with Gasteiger partial charge in [0.05, 0.1) is 12.3 Å². The number of aromatic amines is 1. The summed E-state index contributed by atoms with van der Waals surface area (Å²) in [5.74, 6) is -0.386. The molecule has 120 valence electrons. The van der Waals surface area contributed by atoms with Gasteiger partial charge in [0.25, 0.3) is 0 Å². The van der Waals surface area contributed by atoms with Gasteiger partial charge in [-0.3, -0.25) is 5.10 Å². The van der Waals surface area contributed by atoms with Crippen LogP contribution in [0, 0.1) is 0 Å². The Hall–Kier alpha value is -2.88. The van der Waals surface area contributed by atoms with Gasteiger partial charge in [0.1, 0.15) is 0 Å². The molecule has 24 heavy (non-hydrogen) atoms. The van der Waals surface area contributed by atoms with Crippen LogP contribution >= 0.6 is 0 Å². The molecule has 4 heteroatoms. The van der Waals surface area contributed by atoms with Crippen LogP contribution in [-0.4, -0.2) is 22.8 Å². The zero-order chi connectivity index (χ0) is 16.5. The summed E-state index contributed by atoms with van der Waals surface area (Å²) in [6.07, 6.45) is 1.89. The van der Waals surface area contributed by atoms with Crippen molar-refractivity contribution < 1.29 is 9.53 Å². The Labute approximate surface area is 140 Å². The molecule has 0 amide bonds. The van der Waals surface area contributed by atoms with E-state index in [0.717, 1.165) is 35.2 Å². The molecule has 0 radical (unpaired) electrons. The van der Waals surface area contributed by atoms with Crippen LogP contribution in [0.2, 0.25) is 0 Å². The number of aryl methyl sites for hydroxylation is 2. The second kappa shape index (κ2) is 5.96. The number of hydrogen-bond acceptors (Lipinski definition) is 3. The maximum absolute atomic E-state index is 12.4. The Balaban J connectivity index is 2.01. The zero-order valence-electron chi connectivity index (χ0n) is 13.5. The lowest BCUT2D eigenvalue weighted by molar-refractivity contribution is 0.0520. The molecule has 1 aliphatic carbocycles. The molecule has 0 spiro atoms. The molecule has 1 aromatic heterocycles. The fraction of sp³-hybridized carbons (Fsp3) is 0.200. The number of esters is 1. The molecule has 0 saturated carbocycles. The summed E-state index contributed by atoms with van der Waals surface area (Å²) in [5.41, 5.74) is 6.73. The second-order valence-corrected chi connectivity index (χ2v) is 5.86. The number of nitrogens with one attached hydrogen (secondary N) is 1. The van der Waals surface area contributed by atoms with E-state index in [1.165, 1.54) is 11.1 Å². The molecule has 0 atom stereocenters. The Bertz CT molecular complexity index is 912. The van der Waals surface area contributed by atoms with Crippen molar-refractivity contribution in [2.75, 3.05) is 6.61 Å². The fourth-order valence-corrected chi connectivity index (χ4v) is 3.38. The molecule has 1 N–H and O–H groups in total. The summed E-state index contributed by atoms with van der Waals surface area (Å²) in [6, 6.07) is 16.5. The number of ether oxygens (including phenoxy) is 1. The number of hydrogen-bond donors (Lipinski definition) is 1. The molecule has 0 unspecified atom stereocenters. The SMILES string of the molecule is CCOC(=O)c1n[nH]c2c1-c1ccccc1CCc1ccccc1-2. The van der Waals surface area contributed by atoms with E-state index in [-0.39, 0.29) is 5.97 Å². The van der Waals surface area contributed by atoms with Crippen molar-refractivity contribution >= 4 is 5.97 Å². The first-order valence-corrected chi connectivity index (χ1v) is 8.21. The van der Waals surface area contributed by atoms with Crippen LogP contribution in [0.15, 0.2) is 48.5 Å². The zero-order valence-corrected chi connectivity index (χ0v) is 13.5. The summed E-state index contributed by atoms with van der Waals surface area (Å²) >= 11 is 0. The van der Waals surface area contributed by atoms with Crippen molar-refractivity contribution in [2.24, 2.45) is 0 Å². The van der Waals surface area contributed by atoms with Crippen LogP contribution in [0.3, 0.4) is 0 Å². The minimum Gasteiger partial charge on any atom is -0.461 e. The second-order valence-electron chi connectivity index (χ2n) is 5.86. The molecule has 0 fully saturated rings. The summed E-state index contributed by atoms with van der Waals surface area (Å²) in [7, 11) is 0. The number of aromatic nitrogens is 2. The van der Waals surface area contributed by atoms with Crippen molar-refractivity contribution in [3.05, 3.63) is 65.4 Å². The normalized spacial score (nSPS) is 12.4. The van der Waals surface area contributed by atoms with Crippen molar-refractivity contribution in [3.63, 3.8) is 0 Å². The lowest BCUT2D eigenvalue weighted by atomic mass is 9.87. The van der Waals surface area contributed by atoms with Crippen LogP contribution in [0.25, 0.3) is 22.4 Å². The standard InChI is InChI=1S/C20H18N2O2/c1-2-24-20(23)19-17-15-9-5-3-7-13(15)11-12-14-8-4-6-10-16(14)18(17)21-22-19/h3-10H,2,11-12H2,1H3,(H,21,22). The van der Waals surface area contributed by atoms with Gasteiger partial charge in [-0.05, 0) is 36.5 Å². The Kier molecular flexibility index (Phi) is 3.65. The number of nitrogens with zero attached hydrogens (tertiary/aromatic N) is 1. The maximum Gasteiger partial charge on any atom is 0.359 e. The third kappa shape index (κ3) is 2.31. The molecule has 4 rings (SSSR count). The first-order valence-electron chi connectivity index (χ1n) is 8.21. The molecule has 0 saturated heterocycles. The van der Waals surface area contributed by atoms with Gasteiger partial charge in [-0.1, -0.05) is 48.5 Å². The number of rotatable bonds is 2. The predicted molar refractivity (Wildman–Crippen MR) is 92.8 cm³/mol. The summed E-state index contributed by atoms with van der Waals surface area (Å²) in [5, 5.41) is 7.38. The quantitative estimate of drug-likeness (QED) is 0.726. The average Bonchev–Trinajstić information content (AvgIpc) is 3.03. The van der Waals surface area contributed by atoms with Crippen molar-refractivity contribution in [2.45, 2.75) is 19.8 Å². The third-order valence-electron chi connectivity index (χ3n) is 4.47. The van der Waals surface area contributed by atoms with Crippen molar-refractivity contribution in [3.8, 4) is 22.4 Å². The van der Waals surface area contributed by atoms with Gasteiger partial charge in [0, 0.05) is 11.1 Å². The van der Waals surface area contributed by atoms with Crippen LogP contribution in [-0.2, 0) is 17.6 Å². The van der Waals surface area contributed by atoms with Crippen molar-refractivity contribution in [1.82, 2.24) is 10.2 Å².